The first-order valence-corrected chi connectivity index (χ1v) is 10.5. The zero-order chi connectivity index (χ0) is 22.6. The summed E-state index contributed by atoms with van der Waals surface area (Å²) in [4.78, 5) is 16.5. The lowest BCUT2D eigenvalue weighted by Gasteiger charge is -2.16. The fourth-order valence-corrected chi connectivity index (χ4v) is 3.61. The van der Waals surface area contributed by atoms with Crippen molar-refractivity contribution in [3.63, 3.8) is 0 Å². The van der Waals surface area contributed by atoms with Gasteiger partial charge in [0, 0.05) is 26.0 Å². The fraction of sp³-hybridized carbons (Fsp3) is 0.333. The second-order valence-corrected chi connectivity index (χ2v) is 7.98. The Morgan fingerprint density at radius 2 is 2.06 bits per heavy atom. The van der Waals surface area contributed by atoms with Crippen molar-refractivity contribution < 1.29 is 27.1 Å². The molecule has 0 fully saturated rings. The molecule has 1 aromatic carbocycles. The molecule has 1 amide bonds. The van der Waals surface area contributed by atoms with E-state index >= 15 is 0 Å². The first-order valence-electron chi connectivity index (χ1n) is 9.47. The fourth-order valence-electron chi connectivity index (χ4n) is 2.79. The molecule has 3 aromatic rings. The van der Waals surface area contributed by atoms with Crippen LogP contribution in [0.3, 0.4) is 0 Å². The number of aryl methyl sites for hydroxylation is 1. The van der Waals surface area contributed by atoms with Gasteiger partial charge in [-0.2, -0.15) is 13.2 Å². The summed E-state index contributed by atoms with van der Waals surface area (Å²) in [5, 5.41) is 3.28. The monoisotopic (exact) mass is 453 g/mol. The van der Waals surface area contributed by atoms with Crippen LogP contribution in [-0.4, -0.2) is 21.6 Å². The third-order valence-electron chi connectivity index (χ3n) is 4.20. The first kappa shape index (κ1) is 22.8. The van der Waals surface area contributed by atoms with E-state index in [4.69, 9.17) is 9.15 Å². The molecule has 2 aromatic heterocycles. The van der Waals surface area contributed by atoms with Gasteiger partial charge in [0.2, 0.25) is 0 Å². The summed E-state index contributed by atoms with van der Waals surface area (Å²) in [6, 6.07) is 6.85. The van der Waals surface area contributed by atoms with Crippen LogP contribution in [0.5, 0.6) is 5.75 Å². The zero-order valence-electron chi connectivity index (χ0n) is 17.2. The largest absolute Gasteiger partial charge is 0.491 e. The summed E-state index contributed by atoms with van der Waals surface area (Å²) < 4.78 is 53.1. The predicted octanol–water partition coefficient (Wildman–Crippen LogP) is 5.04. The maximum Gasteiger partial charge on any atom is 0.416 e. The lowest BCUT2D eigenvalue weighted by atomic mass is 10.1. The van der Waals surface area contributed by atoms with Gasteiger partial charge < -0.3 is 19.0 Å². The quantitative estimate of drug-likeness (QED) is 0.484. The highest BCUT2D eigenvalue weighted by atomic mass is 32.2. The number of ether oxygens (including phenoxy) is 1. The summed E-state index contributed by atoms with van der Waals surface area (Å²) >= 11 is 1.44. The molecule has 0 aliphatic carbocycles. The molecule has 0 bridgehead atoms. The molecule has 2 heterocycles. The Balaban J connectivity index is 1.64. The van der Waals surface area contributed by atoms with Gasteiger partial charge in [-0.15, -0.1) is 0 Å². The number of alkyl halides is 3. The number of amides is 1. The molecular weight excluding hydrogens is 431 g/mol. The van der Waals surface area contributed by atoms with Gasteiger partial charge in [-0.1, -0.05) is 17.8 Å². The summed E-state index contributed by atoms with van der Waals surface area (Å²) in [5.74, 6) is 0.587. The summed E-state index contributed by atoms with van der Waals surface area (Å²) in [6.45, 7) is 3.16. The number of aromatic nitrogens is 2. The van der Waals surface area contributed by atoms with Gasteiger partial charge in [0.15, 0.2) is 10.9 Å². The number of hydrogen-bond acceptors (Lipinski definition) is 5. The average molecular weight is 453 g/mol. The number of furan rings is 1. The van der Waals surface area contributed by atoms with Crippen molar-refractivity contribution >= 4 is 17.7 Å². The smallest absolute Gasteiger partial charge is 0.416 e. The number of benzene rings is 1. The van der Waals surface area contributed by atoms with E-state index in [0.717, 1.165) is 11.2 Å². The molecule has 0 radical (unpaired) electrons. The van der Waals surface area contributed by atoms with Crippen molar-refractivity contribution in [3.05, 3.63) is 65.4 Å². The van der Waals surface area contributed by atoms with Gasteiger partial charge in [-0.05, 0) is 43.7 Å². The van der Waals surface area contributed by atoms with E-state index in [-0.39, 0.29) is 29.7 Å². The predicted molar refractivity (Wildman–Crippen MR) is 110 cm³/mol. The minimum absolute atomic E-state index is 0.0313. The minimum atomic E-state index is -4.57. The molecule has 31 heavy (non-hydrogen) atoms. The molecule has 0 saturated heterocycles. The van der Waals surface area contributed by atoms with E-state index in [9.17, 15) is 18.0 Å². The van der Waals surface area contributed by atoms with E-state index in [2.05, 4.69) is 10.3 Å². The van der Waals surface area contributed by atoms with Gasteiger partial charge in [-0.25, -0.2) is 4.98 Å². The van der Waals surface area contributed by atoms with Crippen LogP contribution in [0, 0.1) is 0 Å². The highest BCUT2D eigenvalue weighted by molar-refractivity contribution is 7.98. The molecule has 1 N–H and O–H groups in total. The highest BCUT2D eigenvalue weighted by Gasteiger charge is 2.34. The van der Waals surface area contributed by atoms with Gasteiger partial charge in [0.25, 0.3) is 5.91 Å². The van der Waals surface area contributed by atoms with Crippen LogP contribution < -0.4 is 10.1 Å². The molecule has 10 heteroatoms. The van der Waals surface area contributed by atoms with Crippen LogP contribution in [-0.2, 0) is 25.5 Å². The number of hydrogen-bond donors (Lipinski definition) is 1. The van der Waals surface area contributed by atoms with E-state index < -0.39 is 17.6 Å². The number of rotatable bonds is 8. The Morgan fingerprint density at radius 3 is 2.71 bits per heavy atom. The van der Waals surface area contributed by atoms with Crippen molar-refractivity contribution in [2.45, 2.75) is 43.6 Å². The highest BCUT2D eigenvalue weighted by Crippen LogP contribution is 2.34. The number of halogens is 3. The van der Waals surface area contributed by atoms with Crippen LogP contribution in [0.25, 0.3) is 0 Å². The molecule has 6 nitrogen and oxygen atoms in total. The lowest BCUT2D eigenvalue weighted by molar-refractivity contribution is -0.138. The summed E-state index contributed by atoms with van der Waals surface area (Å²) in [7, 11) is 1.87. The molecule has 0 saturated carbocycles. The molecule has 3 rings (SSSR count). The molecule has 0 atom stereocenters. The zero-order valence-corrected chi connectivity index (χ0v) is 18.0. The van der Waals surface area contributed by atoms with E-state index in [1.807, 2.05) is 17.8 Å². The first-order chi connectivity index (χ1) is 14.6. The molecule has 0 aliphatic heterocycles. The number of nitrogens with zero attached hydrogens (tertiary/aromatic N) is 2. The van der Waals surface area contributed by atoms with Crippen molar-refractivity contribution in [1.82, 2.24) is 14.9 Å². The maximum atomic E-state index is 13.5. The Morgan fingerprint density at radius 1 is 1.29 bits per heavy atom. The third kappa shape index (κ3) is 6.06. The Hall–Kier alpha value is -2.88. The van der Waals surface area contributed by atoms with Crippen molar-refractivity contribution in [2.24, 2.45) is 7.05 Å². The Kier molecular flexibility index (Phi) is 6.99. The van der Waals surface area contributed by atoms with Gasteiger partial charge in [-0.3, -0.25) is 4.79 Å². The maximum absolute atomic E-state index is 13.5. The SMILES string of the molecule is CC(C)Oc1ccc(CNC(=O)c2ccc(CSc3nccn3C)o2)c(C(F)(F)F)c1. The van der Waals surface area contributed by atoms with Crippen molar-refractivity contribution in [2.75, 3.05) is 0 Å². The van der Waals surface area contributed by atoms with Gasteiger partial charge >= 0.3 is 6.18 Å². The van der Waals surface area contributed by atoms with Crippen LogP contribution in [0.2, 0.25) is 0 Å². The van der Waals surface area contributed by atoms with Gasteiger partial charge in [0.05, 0.1) is 17.4 Å². The molecular formula is C21H22F3N3O3S. The minimum Gasteiger partial charge on any atom is -0.491 e. The molecule has 0 spiro atoms. The van der Waals surface area contributed by atoms with Gasteiger partial charge in [0.1, 0.15) is 11.5 Å². The number of nitrogens with one attached hydrogen (secondary N) is 1. The second-order valence-electron chi connectivity index (χ2n) is 7.04. The molecule has 0 aliphatic rings. The van der Waals surface area contributed by atoms with E-state index in [1.54, 1.807) is 26.1 Å². The average Bonchev–Trinajstić information content (AvgIpc) is 3.32. The number of carbonyl (C=O) groups is 1. The van der Waals surface area contributed by atoms with E-state index in [0.29, 0.717) is 11.5 Å². The second kappa shape index (κ2) is 9.51. The van der Waals surface area contributed by atoms with Crippen molar-refractivity contribution in [1.29, 1.82) is 0 Å². The van der Waals surface area contributed by atoms with Crippen LogP contribution in [0.4, 0.5) is 13.2 Å². The number of carbonyl (C=O) groups excluding carboxylic acids is 1. The topological polar surface area (TPSA) is 69.3 Å². The molecule has 166 valence electrons. The Labute approximate surface area is 181 Å². The summed E-state index contributed by atoms with van der Waals surface area (Å²) in [6.07, 6.45) is -1.33. The van der Waals surface area contributed by atoms with Crippen LogP contribution in [0.1, 0.15) is 41.3 Å². The normalized spacial score (nSPS) is 11.7. The number of thioether (sulfide) groups is 1. The van der Waals surface area contributed by atoms with Crippen LogP contribution >= 0.6 is 11.8 Å². The van der Waals surface area contributed by atoms with Crippen molar-refractivity contribution in [3.8, 4) is 5.75 Å². The third-order valence-corrected chi connectivity index (χ3v) is 5.28. The standard InChI is InChI=1S/C21H22F3N3O3S/c1-13(2)29-15-5-4-14(17(10-15)21(22,23)24)11-26-19(28)18-7-6-16(30-18)12-31-20-25-8-9-27(20)3/h4-10,13H,11-12H2,1-3H3,(H,26,28). The lowest BCUT2D eigenvalue weighted by Crippen LogP contribution is -2.24. The summed E-state index contributed by atoms with van der Waals surface area (Å²) in [5.41, 5.74) is -0.911. The molecule has 0 unspecified atom stereocenters. The number of imidazole rings is 1. The van der Waals surface area contributed by atoms with Crippen LogP contribution in [0.15, 0.2) is 52.3 Å². The van der Waals surface area contributed by atoms with E-state index in [1.165, 1.54) is 30.0 Å². The Bertz CT molecular complexity index is 1040.